The molecule has 0 bridgehead atoms. The maximum absolute atomic E-state index is 8.47. The second kappa shape index (κ2) is 5.12. The fraction of sp³-hybridized carbons (Fsp3) is 0.333. The van der Waals surface area contributed by atoms with Crippen molar-refractivity contribution in [3.05, 3.63) is 18.1 Å². The second-order valence-electron chi connectivity index (χ2n) is 2.22. The lowest BCUT2D eigenvalue weighted by Crippen LogP contribution is -1.90. The number of aliphatic hydroxyl groups excluding tert-OH is 1. The summed E-state index contributed by atoms with van der Waals surface area (Å²) in [6.07, 6.45) is 3.49. The van der Waals surface area contributed by atoms with Crippen LogP contribution in [0.15, 0.2) is 12.4 Å². The largest absolute Gasteiger partial charge is 0.480 e. The van der Waals surface area contributed by atoms with Crippen molar-refractivity contribution < 1.29 is 9.84 Å². The highest BCUT2D eigenvalue weighted by molar-refractivity contribution is 5.25. The smallest absolute Gasteiger partial charge is 0.232 e. The molecule has 0 aromatic carbocycles. The summed E-state index contributed by atoms with van der Waals surface area (Å²) in [5, 5.41) is 8.47. The van der Waals surface area contributed by atoms with E-state index in [9.17, 15) is 0 Å². The van der Waals surface area contributed by atoms with E-state index in [4.69, 9.17) is 9.84 Å². The van der Waals surface area contributed by atoms with E-state index in [0.29, 0.717) is 18.0 Å². The Bertz CT molecular complexity index is 311. The Morgan fingerprint density at radius 3 is 2.85 bits per heavy atom. The first-order chi connectivity index (χ1) is 6.36. The third-order valence-corrected chi connectivity index (χ3v) is 1.29. The number of aromatic nitrogens is 2. The van der Waals surface area contributed by atoms with Crippen LogP contribution in [0.1, 0.15) is 12.1 Å². The third kappa shape index (κ3) is 3.09. The van der Waals surface area contributed by atoms with Crippen LogP contribution >= 0.6 is 0 Å². The quantitative estimate of drug-likeness (QED) is 0.658. The molecule has 1 heterocycles. The van der Waals surface area contributed by atoms with Crippen LogP contribution in [-0.2, 0) is 0 Å². The summed E-state index contributed by atoms with van der Waals surface area (Å²) in [4.78, 5) is 7.90. The van der Waals surface area contributed by atoms with Crippen LogP contribution in [0.4, 0.5) is 0 Å². The zero-order chi connectivity index (χ0) is 9.52. The van der Waals surface area contributed by atoms with Crippen molar-refractivity contribution in [2.24, 2.45) is 0 Å². The molecule has 0 atom stereocenters. The minimum Gasteiger partial charge on any atom is -0.480 e. The number of methoxy groups -OCH3 is 1. The molecule has 0 saturated carbocycles. The molecule has 0 saturated heterocycles. The van der Waals surface area contributed by atoms with E-state index in [-0.39, 0.29) is 6.61 Å². The molecule has 4 heteroatoms. The van der Waals surface area contributed by atoms with Gasteiger partial charge in [-0.15, -0.1) is 0 Å². The molecule has 0 unspecified atom stereocenters. The Morgan fingerprint density at radius 1 is 1.46 bits per heavy atom. The van der Waals surface area contributed by atoms with Crippen LogP contribution in [0.5, 0.6) is 5.88 Å². The first kappa shape index (κ1) is 9.49. The minimum absolute atomic E-state index is 0.0661. The molecular formula is C9H10N2O2. The van der Waals surface area contributed by atoms with Gasteiger partial charge in [0.05, 0.1) is 26.1 Å². The predicted molar refractivity (Wildman–Crippen MR) is 47.2 cm³/mol. The normalized spacial score (nSPS) is 8.77. The maximum atomic E-state index is 8.47. The van der Waals surface area contributed by atoms with E-state index in [1.807, 2.05) is 0 Å². The van der Waals surface area contributed by atoms with Crippen molar-refractivity contribution in [1.82, 2.24) is 9.97 Å². The number of hydrogen-bond acceptors (Lipinski definition) is 4. The first-order valence-electron chi connectivity index (χ1n) is 3.82. The molecule has 1 rings (SSSR count). The zero-order valence-electron chi connectivity index (χ0n) is 7.32. The predicted octanol–water partition coefficient (Wildman–Crippen LogP) is 0.219. The molecular weight excluding hydrogens is 168 g/mol. The van der Waals surface area contributed by atoms with Crippen LogP contribution in [-0.4, -0.2) is 28.8 Å². The molecule has 0 radical (unpaired) electrons. The molecule has 1 aromatic rings. The summed E-state index contributed by atoms with van der Waals surface area (Å²) in [5.74, 6) is 5.97. The van der Waals surface area contributed by atoms with Gasteiger partial charge in [0.15, 0.2) is 0 Å². The molecule has 68 valence electrons. The van der Waals surface area contributed by atoms with Crippen LogP contribution in [0, 0.1) is 11.8 Å². The van der Waals surface area contributed by atoms with E-state index in [0.717, 1.165) is 0 Å². The second-order valence-corrected chi connectivity index (χ2v) is 2.22. The molecule has 13 heavy (non-hydrogen) atoms. The molecule has 4 nitrogen and oxygen atoms in total. The Hall–Kier alpha value is -1.60. The molecule has 0 spiro atoms. The van der Waals surface area contributed by atoms with Crippen molar-refractivity contribution in [2.75, 3.05) is 13.7 Å². The third-order valence-electron chi connectivity index (χ3n) is 1.29. The van der Waals surface area contributed by atoms with E-state index in [2.05, 4.69) is 21.8 Å². The number of aliphatic hydroxyl groups is 1. The van der Waals surface area contributed by atoms with Crippen molar-refractivity contribution in [2.45, 2.75) is 6.42 Å². The average molecular weight is 178 g/mol. The van der Waals surface area contributed by atoms with Gasteiger partial charge in [-0.2, -0.15) is 0 Å². The molecule has 0 aliphatic carbocycles. The van der Waals surface area contributed by atoms with E-state index in [1.54, 1.807) is 0 Å². The zero-order valence-corrected chi connectivity index (χ0v) is 7.32. The summed E-state index contributed by atoms with van der Waals surface area (Å²) < 4.78 is 4.83. The minimum atomic E-state index is 0.0661. The fourth-order valence-electron chi connectivity index (χ4n) is 0.695. The Kier molecular flexibility index (Phi) is 3.74. The van der Waals surface area contributed by atoms with Crippen LogP contribution < -0.4 is 4.74 Å². The fourth-order valence-corrected chi connectivity index (χ4v) is 0.695. The van der Waals surface area contributed by atoms with Crippen molar-refractivity contribution in [3.8, 4) is 17.7 Å². The van der Waals surface area contributed by atoms with Gasteiger partial charge in [-0.3, -0.25) is 0 Å². The van der Waals surface area contributed by atoms with Crippen LogP contribution in [0.3, 0.4) is 0 Å². The molecule has 0 aliphatic heterocycles. The lowest BCUT2D eigenvalue weighted by Gasteiger charge is -1.95. The SMILES string of the molecule is COc1cnc(C#CCCO)cn1. The van der Waals surface area contributed by atoms with Gasteiger partial charge in [-0.05, 0) is 5.92 Å². The van der Waals surface area contributed by atoms with E-state index < -0.39 is 0 Å². The summed E-state index contributed by atoms with van der Waals surface area (Å²) in [7, 11) is 1.53. The molecule has 0 amide bonds. The molecule has 0 fully saturated rings. The molecule has 1 N–H and O–H groups in total. The number of rotatable bonds is 2. The molecule has 0 aliphatic rings. The highest BCUT2D eigenvalue weighted by Crippen LogP contribution is 2.00. The van der Waals surface area contributed by atoms with Crippen molar-refractivity contribution in [3.63, 3.8) is 0 Å². The van der Waals surface area contributed by atoms with Gasteiger partial charge in [0.25, 0.3) is 0 Å². The Morgan fingerprint density at radius 2 is 2.31 bits per heavy atom. The van der Waals surface area contributed by atoms with Crippen LogP contribution in [0.25, 0.3) is 0 Å². The van der Waals surface area contributed by atoms with Crippen molar-refractivity contribution >= 4 is 0 Å². The highest BCUT2D eigenvalue weighted by atomic mass is 16.5. The van der Waals surface area contributed by atoms with Crippen LogP contribution in [0.2, 0.25) is 0 Å². The monoisotopic (exact) mass is 178 g/mol. The summed E-state index contributed by atoms with van der Waals surface area (Å²) in [6, 6.07) is 0. The van der Waals surface area contributed by atoms with Gasteiger partial charge in [-0.1, -0.05) is 5.92 Å². The van der Waals surface area contributed by atoms with E-state index in [1.165, 1.54) is 19.5 Å². The number of hydrogen-bond donors (Lipinski definition) is 1. The summed E-state index contributed by atoms with van der Waals surface area (Å²) >= 11 is 0. The summed E-state index contributed by atoms with van der Waals surface area (Å²) in [5.41, 5.74) is 0.578. The first-order valence-corrected chi connectivity index (χ1v) is 3.82. The van der Waals surface area contributed by atoms with Gasteiger partial charge >= 0.3 is 0 Å². The Labute approximate surface area is 76.6 Å². The van der Waals surface area contributed by atoms with Gasteiger partial charge in [0, 0.05) is 6.42 Å². The standard InChI is InChI=1S/C9H10N2O2/c1-13-9-7-10-8(6-11-9)4-2-3-5-12/h6-7,12H,3,5H2,1H3. The van der Waals surface area contributed by atoms with E-state index >= 15 is 0 Å². The number of nitrogens with zero attached hydrogens (tertiary/aromatic N) is 2. The summed E-state index contributed by atoms with van der Waals surface area (Å²) in [6.45, 7) is 0.0661. The van der Waals surface area contributed by atoms with Gasteiger partial charge < -0.3 is 9.84 Å². The van der Waals surface area contributed by atoms with Gasteiger partial charge in [0.1, 0.15) is 5.69 Å². The topological polar surface area (TPSA) is 55.2 Å². The number of ether oxygens (including phenoxy) is 1. The highest BCUT2D eigenvalue weighted by Gasteiger charge is 1.91. The Balaban J connectivity index is 2.65. The average Bonchev–Trinajstić information content (AvgIpc) is 2.19. The lowest BCUT2D eigenvalue weighted by atomic mass is 10.4. The molecule has 1 aromatic heterocycles. The maximum Gasteiger partial charge on any atom is 0.232 e. The lowest BCUT2D eigenvalue weighted by molar-refractivity contribution is 0.305. The van der Waals surface area contributed by atoms with Gasteiger partial charge in [0.2, 0.25) is 5.88 Å². The van der Waals surface area contributed by atoms with Crippen molar-refractivity contribution in [1.29, 1.82) is 0 Å². The van der Waals surface area contributed by atoms with Gasteiger partial charge in [-0.25, -0.2) is 9.97 Å².